The molecular formula is C7H17NO6P2. The third kappa shape index (κ3) is 3.37. The number of rotatable bonds is 2. The van der Waals surface area contributed by atoms with Gasteiger partial charge in [-0.3, -0.25) is 14.0 Å². The molecular weight excluding hydrogens is 256 g/mol. The highest BCUT2D eigenvalue weighted by Gasteiger charge is 2.47. The quantitative estimate of drug-likeness (QED) is 0.529. The van der Waals surface area contributed by atoms with Crippen molar-refractivity contribution < 1.29 is 28.7 Å². The first-order valence-electron chi connectivity index (χ1n) is 4.94. The Bertz CT molecular complexity index is 336. The lowest BCUT2D eigenvalue weighted by Gasteiger charge is -2.32. The van der Waals surface area contributed by atoms with Gasteiger partial charge in [-0.1, -0.05) is 6.42 Å². The van der Waals surface area contributed by atoms with Gasteiger partial charge in [0, 0.05) is 0 Å². The molecule has 1 fully saturated rings. The summed E-state index contributed by atoms with van der Waals surface area (Å²) in [5, 5.41) is 0. The Hall–Kier alpha value is 0.260. The molecule has 0 amide bonds. The van der Waals surface area contributed by atoms with Crippen molar-refractivity contribution in [2.45, 2.75) is 30.7 Å². The highest BCUT2D eigenvalue weighted by Crippen LogP contribution is 2.57. The van der Waals surface area contributed by atoms with E-state index in [1.54, 1.807) is 0 Å². The van der Waals surface area contributed by atoms with Gasteiger partial charge in [0.2, 0.25) is 0 Å². The van der Waals surface area contributed by atoms with Crippen LogP contribution in [0.2, 0.25) is 0 Å². The van der Waals surface area contributed by atoms with E-state index in [1.807, 2.05) is 0 Å². The van der Waals surface area contributed by atoms with E-state index in [1.165, 1.54) is 11.9 Å². The molecule has 1 heterocycles. The second-order valence-electron chi connectivity index (χ2n) is 4.14. The molecule has 0 saturated carbocycles. The van der Waals surface area contributed by atoms with Crippen LogP contribution in [0.1, 0.15) is 19.3 Å². The van der Waals surface area contributed by atoms with Crippen LogP contribution in [0.4, 0.5) is 0 Å². The van der Waals surface area contributed by atoms with E-state index >= 15 is 0 Å². The summed E-state index contributed by atoms with van der Waals surface area (Å²) in [4.78, 5) is 38.1. The Morgan fingerprint density at radius 3 is 2.06 bits per heavy atom. The molecule has 7 nitrogen and oxygen atoms in total. The molecule has 0 radical (unpaired) electrons. The molecule has 0 aromatic carbocycles. The van der Waals surface area contributed by atoms with Crippen LogP contribution in [-0.4, -0.2) is 49.5 Å². The van der Waals surface area contributed by atoms with Crippen molar-refractivity contribution in [3.05, 3.63) is 0 Å². The Balaban J connectivity index is 3.10. The van der Waals surface area contributed by atoms with Gasteiger partial charge in [0.05, 0.1) is 5.66 Å². The first-order chi connectivity index (χ1) is 7.14. The molecule has 4 N–H and O–H groups in total. The molecule has 1 saturated heterocycles. The maximum absolute atomic E-state index is 11.3. The van der Waals surface area contributed by atoms with E-state index in [2.05, 4.69) is 0 Å². The van der Waals surface area contributed by atoms with Crippen molar-refractivity contribution in [2.75, 3.05) is 13.6 Å². The van der Waals surface area contributed by atoms with Gasteiger partial charge in [0.15, 0.2) is 0 Å². The van der Waals surface area contributed by atoms with E-state index in [-0.39, 0.29) is 6.42 Å². The standard InChI is InChI=1S/C7H17NO6P2/c1-8-5-3-2-4-6(15(9,10)11)7(8)16(12,13)14/h6-7H,2-5H2,1H3,(H2,9,10,11)(H2,12,13,14). The van der Waals surface area contributed by atoms with Gasteiger partial charge < -0.3 is 19.6 Å². The lowest BCUT2D eigenvalue weighted by Crippen LogP contribution is -2.39. The van der Waals surface area contributed by atoms with E-state index < -0.39 is 26.6 Å². The summed E-state index contributed by atoms with van der Waals surface area (Å²) >= 11 is 0. The van der Waals surface area contributed by atoms with Gasteiger partial charge in [-0.2, -0.15) is 0 Å². The molecule has 0 aromatic heterocycles. The third-order valence-corrected chi connectivity index (χ3v) is 5.92. The minimum absolute atomic E-state index is 0.143. The SMILES string of the molecule is CN1CCCCC(P(=O)(O)O)C1P(=O)(O)O. The Kier molecular flexibility index (Phi) is 4.35. The first kappa shape index (κ1) is 14.3. The van der Waals surface area contributed by atoms with Crippen molar-refractivity contribution >= 4 is 15.2 Å². The predicted octanol–water partition coefficient (Wildman–Crippen LogP) is 0.152. The number of nitrogens with zero attached hydrogens (tertiary/aromatic N) is 1. The summed E-state index contributed by atoms with van der Waals surface area (Å²) in [7, 11) is -7.55. The van der Waals surface area contributed by atoms with Crippen molar-refractivity contribution in [2.24, 2.45) is 0 Å². The molecule has 0 spiro atoms. The normalized spacial score (nSPS) is 30.1. The van der Waals surface area contributed by atoms with Crippen LogP contribution in [0.5, 0.6) is 0 Å². The van der Waals surface area contributed by atoms with Crippen LogP contribution in [-0.2, 0) is 9.13 Å². The van der Waals surface area contributed by atoms with Gasteiger partial charge in [-0.25, -0.2) is 0 Å². The number of hydrogen-bond donors (Lipinski definition) is 4. The topological polar surface area (TPSA) is 118 Å². The maximum Gasteiger partial charge on any atom is 0.343 e. The Labute approximate surface area is 93.8 Å². The van der Waals surface area contributed by atoms with Crippen molar-refractivity contribution in [1.29, 1.82) is 0 Å². The van der Waals surface area contributed by atoms with Gasteiger partial charge in [-0.05, 0) is 26.4 Å². The van der Waals surface area contributed by atoms with E-state index in [4.69, 9.17) is 9.79 Å². The lowest BCUT2D eigenvalue weighted by molar-refractivity contribution is 0.240. The molecule has 1 aliphatic heterocycles. The zero-order chi connectivity index (χ0) is 12.6. The van der Waals surface area contributed by atoms with Crippen LogP contribution in [0.15, 0.2) is 0 Å². The summed E-state index contributed by atoms with van der Waals surface area (Å²) in [6, 6.07) is 0. The molecule has 16 heavy (non-hydrogen) atoms. The van der Waals surface area contributed by atoms with Crippen LogP contribution >= 0.6 is 15.2 Å². The lowest BCUT2D eigenvalue weighted by atomic mass is 10.2. The summed E-state index contributed by atoms with van der Waals surface area (Å²) in [5.74, 6) is -1.38. The van der Waals surface area contributed by atoms with Gasteiger partial charge in [0.25, 0.3) is 0 Å². The zero-order valence-electron chi connectivity index (χ0n) is 8.93. The van der Waals surface area contributed by atoms with E-state index in [0.717, 1.165) is 0 Å². The molecule has 1 rings (SSSR count). The van der Waals surface area contributed by atoms with E-state index in [0.29, 0.717) is 19.4 Å². The summed E-state index contributed by atoms with van der Waals surface area (Å²) < 4.78 is 22.6. The van der Waals surface area contributed by atoms with Gasteiger partial charge in [0.1, 0.15) is 5.78 Å². The highest BCUT2D eigenvalue weighted by atomic mass is 31.2. The second-order valence-corrected chi connectivity index (χ2v) is 7.68. The second kappa shape index (κ2) is 4.86. The minimum atomic E-state index is -4.54. The van der Waals surface area contributed by atoms with Gasteiger partial charge in [-0.15, -0.1) is 0 Å². The monoisotopic (exact) mass is 273 g/mol. The summed E-state index contributed by atoms with van der Waals surface area (Å²) in [6.45, 7) is 0.437. The molecule has 0 aliphatic carbocycles. The van der Waals surface area contributed by atoms with Crippen molar-refractivity contribution in [1.82, 2.24) is 4.90 Å². The molecule has 1 aliphatic rings. The van der Waals surface area contributed by atoms with Crippen LogP contribution in [0, 0.1) is 0 Å². The largest absolute Gasteiger partial charge is 0.343 e. The third-order valence-electron chi connectivity index (χ3n) is 2.83. The highest BCUT2D eigenvalue weighted by molar-refractivity contribution is 7.57. The summed E-state index contributed by atoms with van der Waals surface area (Å²) in [6.07, 6.45) is 1.39. The molecule has 0 aromatic rings. The average molecular weight is 273 g/mol. The Morgan fingerprint density at radius 2 is 1.62 bits per heavy atom. The minimum Gasteiger partial charge on any atom is -0.324 e. The van der Waals surface area contributed by atoms with Crippen LogP contribution in [0.3, 0.4) is 0 Å². The first-order valence-corrected chi connectivity index (χ1v) is 8.31. The predicted molar refractivity (Wildman–Crippen MR) is 58.1 cm³/mol. The fraction of sp³-hybridized carbons (Fsp3) is 1.00. The van der Waals surface area contributed by atoms with Gasteiger partial charge >= 0.3 is 15.2 Å². The fourth-order valence-electron chi connectivity index (χ4n) is 2.11. The number of likely N-dealkylation sites (tertiary alicyclic amines) is 1. The maximum atomic E-state index is 11.3. The zero-order valence-corrected chi connectivity index (χ0v) is 10.7. The van der Waals surface area contributed by atoms with E-state index in [9.17, 15) is 18.9 Å². The molecule has 2 atom stereocenters. The molecule has 96 valence electrons. The molecule has 9 heteroatoms. The average Bonchev–Trinajstić information content (AvgIpc) is 2.23. The molecule has 2 unspecified atom stereocenters. The van der Waals surface area contributed by atoms with Crippen molar-refractivity contribution in [3.8, 4) is 0 Å². The molecule has 0 bridgehead atoms. The fourth-order valence-corrected chi connectivity index (χ4v) is 5.48. The Morgan fingerprint density at radius 1 is 1.06 bits per heavy atom. The van der Waals surface area contributed by atoms with Crippen LogP contribution in [0.25, 0.3) is 0 Å². The van der Waals surface area contributed by atoms with Crippen LogP contribution < -0.4 is 0 Å². The number of hydrogen-bond acceptors (Lipinski definition) is 3. The summed E-state index contributed by atoms with van der Waals surface area (Å²) in [5.41, 5.74) is -1.28. The van der Waals surface area contributed by atoms with Crippen molar-refractivity contribution in [3.63, 3.8) is 0 Å². The smallest absolute Gasteiger partial charge is 0.324 e.